The molecule has 1 rings (SSSR count). The molecule has 0 aliphatic heterocycles. The number of nitrogens with one attached hydrogen (secondary N) is 1. The maximum atomic E-state index is 13.2. The molecule has 1 aromatic heterocycles. The van der Waals surface area contributed by atoms with Gasteiger partial charge in [0, 0.05) is 19.7 Å². The fraction of sp³-hybridized carbons (Fsp3) is 0.500. The molecule has 1 heterocycles. The molecule has 0 radical (unpaired) electrons. The molecule has 0 unspecified atom stereocenters. The van der Waals surface area contributed by atoms with Crippen LogP contribution in [0, 0.1) is 11.6 Å². The monoisotopic (exact) mass is 231 g/mol. The van der Waals surface area contributed by atoms with Crippen molar-refractivity contribution in [1.82, 2.24) is 4.98 Å². The molecule has 4 nitrogen and oxygen atoms in total. The first-order valence-corrected chi connectivity index (χ1v) is 4.76. The number of ether oxygens (including phenoxy) is 1. The summed E-state index contributed by atoms with van der Waals surface area (Å²) >= 11 is 0. The van der Waals surface area contributed by atoms with E-state index in [1.54, 1.807) is 7.11 Å². The van der Waals surface area contributed by atoms with E-state index in [0.29, 0.717) is 12.6 Å². The van der Waals surface area contributed by atoms with Crippen molar-refractivity contribution in [1.29, 1.82) is 0 Å². The first-order valence-electron chi connectivity index (χ1n) is 4.76. The van der Waals surface area contributed by atoms with E-state index in [-0.39, 0.29) is 11.6 Å². The highest BCUT2D eigenvalue weighted by atomic mass is 19.1. The van der Waals surface area contributed by atoms with Crippen LogP contribution in [0.15, 0.2) is 6.07 Å². The van der Waals surface area contributed by atoms with Gasteiger partial charge in [0.05, 0.1) is 5.60 Å². The van der Waals surface area contributed by atoms with E-state index >= 15 is 0 Å². The van der Waals surface area contributed by atoms with Crippen LogP contribution in [0.4, 0.5) is 20.4 Å². The minimum Gasteiger partial charge on any atom is -0.381 e. The molecule has 0 aliphatic carbocycles. The predicted octanol–water partition coefficient (Wildman–Crippen LogP) is 1.78. The van der Waals surface area contributed by atoms with Crippen LogP contribution in [0.1, 0.15) is 13.8 Å². The standard InChI is InChI=1S/C10H15F2N3O/c1-10(2,16-3)5-14-9-7(12)4-6(11)8(13)15-9/h4H,5H2,1-3H3,(H3,13,14,15). The van der Waals surface area contributed by atoms with Gasteiger partial charge in [-0.1, -0.05) is 0 Å². The van der Waals surface area contributed by atoms with E-state index in [0.717, 1.165) is 0 Å². The summed E-state index contributed by atoms with van der Waals surface area (Å²) < 4.78 is 31.2. The number of hydrogen-bond acceptors (Lipinski definition) is 4. The minimum atomic E-state index is -0.867. The molecule has 16 heavy (non-hydrogen) atoms. The van der Waals surface area contributed by atoms with E-state index in [9.17, 15) is 8.78 Å². The zero-order valence-corrected chi connectivity index (χ0v) is 9.47. The van der Waals surface area contributed by atoms with Crippen molar-refractivity contribution in [2.75, 3.05) is 24.7 Å². The van der Waals surface area contributed by atoms with Crippen molar-refractivity contribution < 1.29 is 13.5 Å². The van der Waals surface area contributed by atoms with Crippen molar-refractivity contribution in [2.24, 2.45) is 0 Å². The van der Waals surface area contributed by atoms with Crippen LogP contribution >= 0.6 is 0 Å². The molecule has 0 bridgehead atoms. The van der Waals surface area contributed by atoms with Crippen molar-refractivity contribution in [2.45, 2.75) is 19.4 Å². The van der Waals surface area contributed by atoms with Gasteiger partial charge in [0.2, 0.25) is 0 Å². The summed E-state index contributed by atoms with van der Waals surface area (Å²) in [5.74, 6) is -2.06. The summed E-state index contributed by atoms with van der Waals surface area (Å²) in [5, 5.41) is 2.71. The molecular weight excluding hydrogens is 216 g/mol. The van der Waals surface area contributed by atoms with Crippen molar-refractivity contribution >= 4 is 11.6 Å². The van der Waals surface area contributed by atoms with Gasteiger partial charge in [-0.15, -0.1) is 0 Å². The predicted molar refractivity (Wildman–Crippen MR) is 58.1 cm³/mol. The highest BCUT2D eigenvalue weighted by Gasteiger charge is 2.18. The highest BCUT2D eigenvalue weighted by Crippen LogP contribution is 2.17. The average molecular weight is 231 g/mol. The van der Waals surface area contributed by atoms with Gasteiger partial charge in [0.1, 0.15) is 0 Å². The van der Waals surface area contributed by atoms with Crippen molar-refractivity contribution in [3.63, 3.8) is 0 Å². The molecule has 0 saturated carbocycles. The lowest BCUT2D eigenvalue weighted by Crippen LogP contribution is -2.32. The maximum absolute atomic E-state index is 13.2. The summed E-state index contributed by atoms with van der Waals surface area (Å²) in [6.45, 7) is 3.98. The van der Waals surface area contributed by atoms with Gasteiger partial charge in [-0.25, -0.2) is 13.8 Å². The molecule has 0 atom stereocenters. The summed E-state index contributed by atoms with van der Waals surface area (Å²) in [4.78, 5) is 3.57. The Hall–Kier alpha value is -1.43. The smallest absolute Gasteiger partial charge is 0.168 e. The molecule has 90 valence electrons. The van der Waals surface area contributed by atoms with E-state index in [4.69, 9.17) is 10.5 Å². The Morgan fingerprint density at radius 2 is 2.06 bits per heavy atom. The van der Waals surface area contributed by atoms with Crippen LogP contribution in [0.25, 0.3) is 0 Å². The number of aromatic nitrogens is 1. The number of anilines is 2. The Bertz CT molecular complexity index is 383. The lowest BCUT2D eigenvalue weighted by molar-refractivity contribution is 0.0342. The minimum absolute atomic E-state index is 0.0796. The molecule has 0 saturated heterocycles. The van der Waals surface area contributed by atoms with E-state index in [2.05, 4.69) is 10.3 Å². The number of nitrogens with zero attached hydrogens (tertiary/aromatic N) is 1. The van der Waals surface area contributed by atoms with Crippen molar-refractivity contribution in [3.05, 3.63) is 17.7 Å². The van der Waals surface area contributed by atoms with Crippen LogP contribution in [-0.4, -0.2) is 24.2 Å². The Morgan fingerprint density at radius 3 is 2.62 bits per heavy atom. The first-order chi connectivity index (χ1) is 7.35. The van der Waals surface area contributed by atoms with E-state index in [1.165, 1.54) is 0 Å². The lowest BCUT2D eigenvalue weighted by atomic mass is 10.1. The topological polar surface area (TPSA) is 60.2 Å². The summed E-state index contributed by atoms with van der Waals surface area (Å²) in [6, 6.07) is 0.699. The second-order valence-electron chi connectivity index (χ2n) is 4.00. The molecular formula is C10H15F2N3O. The zero-order valence-electron chi connectivity index (χ0n) is 9.47. The van der Waals surface area contributed by atoms with Crippen molar-refractivity contribution in [3.8, 4) is 0 Å². The largest absolute Gasteiger partial charge is 0.381 e. The third-order valence-corrected chi connectivity index (χ3v) is 2.19. The zero-order chi connectivity index (χ0) is 12.3. The lowest BCUT2D eigenvalue weighted by Gasteiger charge is -2.23. The van der Waals surface area contributed by atoms with Gasteiger partial charge < -0.3 is 15.8 Å². The number of methoxy groups -OCH3 is 1. The third-order valence-electron chi connectivity index (χ3n) is 2.19. The first kappa shape index (κ1) is 12.6. The number of pyridine rings is 1. The fourth-order valence-electron chi connectivity index (χ4n) is 0.974. The highest BCUT2D eigenvalue weighted by molar-refractivity contribution is 5.45. The number of hydrogen-bond donors (Lipinski definition) is 2. The van der Waals surface area contributed by atoms with Gasteiger partial charge in [-0.05, 0) is 13.8 Å². The second kappa shape index (κ2) is 4.61. The fourth-order valence-corrected chi connectivity index (χ4v) is 0.974. The van der Waals surface area contributed by atoms with E-state index in [1.807, 2.05) is 13.8 Å². The molecule has 3 N–H and O–H groups in total. The van der Waals surface area contributed by atoms with E-state index < -0.39 is 17.2 Å². The van der Waals surface area contributed by atoms with Gasteiger partial charge in [-0.2, -0.15) is 0 Å². The van der Waals surface area contributed by atoms with Gasteiger partial charge in [0.25, 0.3) is 0 Å². The number of halogens is 2. The second-order valence-corrected chi connectivity index (χ2v) is 4.00. The average Bonchev–Trinajstić information content (AvgIpc) is 2.22. The molecule has 0 aliphatic rings. The summed E-state index contributed by atoms with van der Waals surface area (Å²) in [6.07, 6.45) is 0. The molecule has 0 aromatic carbocycles. The number of rotatable bonds is 4. The Labute approximate surface area is 92.8 Å². The van der Waals surface area contributed by atoms with Gasteiger partial charge in [0.15, 0.2) is 23.3 Å². The third kappa shape index (κ3) is 3.03. The molecule has 0 amide bonds. The van der Waals surface area contributed by atoms with Crippen LogP contribution < -0.4 is 11.1 Å². The van der Waals surface area contributed by atoms with Crippen LogP contribution in [0.2, 0.25) is 0 Å². The summed E-state index contributed by atoms with van der Waals surface area (Å²) in [7, 11) is 1.55. The number of nitrogen functional groups attached to an aromatic ring is 1. The number of nitrogens with two attached hydrogens (primary N) is 1. The summed E-state index contributed by atoms with van der Waals surface area (Å²) in [5.41, 5.74) is 4.76. The van der Waals surface area contributed by atoms with Gasteiger partial charge in [-0.3, -0.25) is 0 Å². The molecule has 1 aromatic rings. The molecule has 0 spiro atoms. The SMILES string of the molecule is COC(C)(C)CNc1nc(N)c(F)cc1F. The van der Waals surface area contributed by atoms with Crippen LogP contribution in [0.3, 0.4) is 0 Å². The Morgan fingerprint density at radius 1 is 1.44 bits per heavy atom. The normalized spacial score (nSPS) is 11.6. The molecule has 6 heteroatoms. The Balaban J connectivity index is 2.79. The van der Waals surface area contributed by atoms with Crippen LogP contribution in [0.5, 0.6) is 0 Å². The van der Waals surface area contributed by atoms with Crippen LogP contribution in [-0.2, 0) is 4.74 Å². The van der Waals surface area contributed by atoms with Gasteiger partial charge >= 0.3 is 0 Å². The Kier molecular flexibility index (Phi) is 3.64. The maximum Gasteiger partial charge on any atom is 0.168 e. The molecule has 0 fully saturated rings. The quantitative estimate of drug-likeness (QED) is 0.829.